The molecule has 1 amide bonds. The van der Waals surface area contributed by atoms with E-state index >= 15 is 0 Å². The van der Waals surface area contributed by atoms with Gasteiger partial charge in [0.15, 0.2) is 0 Å². The number of anilines is 1. The number of phenols is 1. The molecular weight excluding hydrogens is 362 g/mol. The van der Waals surface area contributed by atoms with Gasteiger partial charge in [0.25, 0.3) is 5.91 Å². The van der Waals surface area contributed by atoms with Gasteiger partial charge >= 0.3 is 0 Å². The highest BCUT2D eigenvalue weighted by atomic mass is 16.3. The van der Waals surface area contributed by atoms with Crippen molar-refractivity contribution < 1.29 is 9.90 Å². The number of nitriles is 1. The normalized spacial score (nSPS) is 11.2. The molecule has 0 fully saturated rings. The smallest absolute Gasteiger partial charge is 0.266 e. The molecule has 0 aliphatic carbocycles. The van der Waals surface area contributed by atoms with Gasteiger partial charge in [0.05, 0.1) is 0 Å². The van der Waals surface area contributed by atoms with Crippen LogP contribution < -0.4 is 5.32 Å². The number of aromatic nitrogens is 1. The predicted octanol–water partition coefficient (Wildman–Crippen LogP) is 4.96. The van der Waals surface area contributed by atoms with Gasteiger partial charge in [0.1, 0.15) is 17.4 Å². The average molecular weight is 385 g/mol. The predicted molar refractivity (Wildman–Crippen MR) is 115 cm³/mol. The molecule has 0 spiro atoms. The molecule has 0 aliphatic rings. The number of phenolic OH excluding ortho intramolecular Hbond substituents is 1. The van der Waals surface area contributed by atoms with Crippen molar-refractivity contribution in [3.05, 3.63) is 82.2 Å². The number of hydrogen-bond donors (Lipinski definition) is 2. The summed E-state index contributed by atoms with van der Waals surface area (Å²) in [4.78, 5) is 12.5. The summed E-state index contributed by atoms with van der Waals surface area (Å²) in [5, 5.41) is 21.5. The summed E-state index contributed by atoms with van der Waals surface area (Å²) >= 11 is 0. The van der Waals surface area contributed by atoms with E-state index in [2.05, 4.69) is 41.9 Å². The number of carbonyl (C=O) groups excluding carboxylic acids is 1. The number of nitrogens with one attached hydrogen (secondary N) is 1. The second-order valence-electron chi connectivity index (χ2n) is 7.18. The van der Waals surface area contributed by atoms with Crippen molar-refractivity contribution in [1.82, 2.24) is 4.57 Å². The molecule has 0 unspecified atom stereocenters. The quantitative estimate of drug-likeness (QED) is 0.378. The summed E-state index contributed by atoms with van der Waals surface area (Å²) in [6.45, 7) is 8.10. The molecule has 29 heavy (non-hydrogen) atoms. The fourth-order valence-corrected chi connectivity index (χ4v) is 3.46. The van der Waals surface area contributed by atoms with E-state index in [1.807, 2.05) is 26.0 Å². The average Bonchev–Trinajstić information content (AvgIpc) is 2.94. The maximum Gasteiger partial charge on any atom is 0.266 e. The van der Waals surface area contributed by atoms with E-state index < -0.39 is 5.91 Å². The third-order valence-corrected chi connectivity index (χ3v) is 4.73. The minimum atomic E-state index is -0.491. The Bertz CT molecular complexity index is 1130. The van der Waals surface area contributed by atoms with E-state index in [1.165, 1.54) is 23.3 Å². The first-order valence-electron chi connectivity index (χ1n) is 9.28. The number of carbonyl (C=O) groups is 1. The monoisotopic (exact) mass is 385 g/mol. The topological polar surface area (TPSA) is 78.0 Å². The third kappa shape index (κ3) is 4.39. The van der Waals surface area contributed by atoms with Gasteiger partial charge in [-0.2, -0.15) is 5.26 Å². The van der Waals surface area contributed by atoms with E-state index in [4.69, 9.17) is 0 Å². The van der Waals surface area contributed by atoms with Crippen molar-refractivity contribution in [2.45, 2.75) is 27.7 Å². The fraction of sp³-hybridized carbons (Fsp3) is 0.167. The fourth-order valence-electron chi connectivity index (χ4n) is 3.46. The van der Waals surface area contributed by atoms with Gasteiger partial charge in [-0.15, -0.1) is 0 Å². The first kappa shape index (κ1) is 20.0. The maximum atomic E-state index is 12.5. The lowest BCUT2D eigenvalue weighted by molar-refractivity contribution is -0.112. The lowest BCUT2D eigenvalue weighted by Gasteiger charge is -2.12. The van der Waals surface area contributed by atoms with Crippen LogP contribution in [0, 0.1) is 39.0 Å². The summed E-state index contributed by atoms with van der Waals surface area (Å²) in [5.74, 6) is -0.382. The van der Waals surface area contributed by atoms with Gasteiger partial charge in [0.2, 0.25) is 0 Å². The van der Waals surface area contributed by atoms with Crippen LogP contribution >= 0.6 is 0 Å². The van der Waals surface area contributed by atoms with E-state index in [1.54, 1.807) is 18.2 Å². The first-order chi connectivity index (χ1) is 13.8. The Labute approximate surface area is 170 Å². The van der Waals surface area contributed by atoms with Gasteiger partial charge in [-0.1, -0.05) is 6.07 Å². The number of benzene rings is 2. The van der Waals surface area contributed by atoms with Gasteiger partial charge in [-0.05, 0) is 92.9 Å². The second-order valence-corrected chi connectivity index (χ2v) is 7.18. The van der Waals surface area contributed by atoms with Crippen LogP contribution in [0.15, 0.2) is 54.1 Å². The molecule has 5 heteroatoms. The van der Waals surface area contributed by atoms with Crippen LogP contribution in [0.3, 0.4) is 0 Å². The number of rotatable bonds is 4. The molecule has 1 aromatic heterocycles. The lowest BCUT2D eigenvalue weighted by Crippen LogP contribution is -2.13. The largest absolute Gasteiger partial charge is 0.508 e. The molecule has 5 nitrogen and oxygen atoms in total. The van der Waals surface area contributed by atoms with Crippen molar-refractivity contribution in [3.8, 4) is 17.5 Å². The molecule has 2 N–H and O–H groups in total. The van der Waals surface area contributed by atoms with Crippen LogP contribution in [0.4, 0.5) is 5.69 Å². The molecule has 1 heterocycles. The summed E-state index contributed by atoms with van der Waals surface area (Å²) in [6, 6.07) is 16.4. The molecule has 3 aromatic rings. The van der Waals surface area contributed by atoms with Crippen LogP contribution in [0.25, 0.3) is 11.8 Å². The zero-order valence-corrected chi connectivity index (χ0v) is 16.9. The Morgan fingerprint density at radius 3 is 2.24 bits per heavy atom. The van der Waals surface area contributed by atoms with Gasteiger partial charge in [0, 0.05) is 22.8 Å². The number of aryl methyl sites for hydroxylation is 3. The Kier molecular flexibility index (Phi) is 5.56. The molecule has 2 aromatic carbocycles. The Morgan fingerprint density at radius 2 is 1.66 bits per heavy atom. The highest BCUT2D eigenvalue weighted by Crippen LogP contribution is 2.24. The van der Waals surface area contributed by atoms with Crippen molar-refractivity contribution in [1.29, 1.82) is 5.26 Å². The SMILES string of the molecule is Cc1cc(C)cc(-n2c(C)cc(/C=C(/C#N)C(=O)Nc3ccc(O)cc3)c2C)c1. The molecule has 0 saturated carbocycles. The van der Waals surface area contributed by atoms with E-state index in [9.17, 15) is 15.2 Å². The molecule has 3 rings (SSSR count). The van der Waals surface area contributed by atoms with E-state index in [-0.39, 0.29) is 11.3 Å². The van der Waals surface area contributed by atoms with Crippen LogP contribution in [0.5, 0.6) is 5.75 Å². The molecule has 0 radical (unpaired) electrons. The summed E-state index contributed by atoms with van der Waals surface area (Å²) in [5.41, 5.74) is 6.73. The zero-order chi connectivity index (χ0) is 21.1. The van der Waals surface area contributed by atoms with Gasteiger partial charge < -0.3 is 15.0 Å². The molecular formula is C24H23N3O2. The molecule has 0 atom stereocenters. The highest BCUT2D eigenvalue weighted by molar-refractivity contribution is 6.09. The van der Waals surface area contributed by atoms with Gasteiger partial charge in [-0.3, -0.25) is 4.79 Å². The standard InChI is InChI=1S/C24H23N3O2/c1-15-9-16(2)11-22(10-15)27-17(3)12-19(18(27)4)13-20(14-25)24(29)26-21-5-7-23(28)8-6-21/h5-13,28H,1-4H3,(H,26,29)/b20-13-. The third-order valence-electron chi connectivity index (χ3n) is 4.73. The van der Waals surface area contributed by atoms with Crippen LogP contribution in [0.1, 0.15) is 28.1 Å². The second kappa shape index (κ2) is 8.07. The minimum absolute atomic E-state index is 0.0127. The number of aromatic hydroxyl groups is 1. The van der Waals surface area contributed by atoms with Crippen molar-refractivity contribution in [2.75, 3.05) is 5.32 Å². The Morgan fingerprint density at radius 1 is 1.03 bits per heavy atom. The minimum Gasteiger partial charge on any atom is -0.508 e. The lowest BCUT2D eigenvalue weighted by atomic mass is 10.1. The molecule has 0 saturated heterocycles. The summed E-state index contributed by atoms with van der Waals surface area (Å²) in [6.07, 6.45) is 1.61. The van der Waals surface area contributed by atoms with Gasteiger partial charge in [-0.25, -0.2) is 0 Å². The van der Waals surface area contributed by atoms with Crippen molar-refractivity contribution in [2.24, 2.45) is 0 Å². The molecule has 146 valence electrons. The zero-order valence-electron chi connectivity index (χ0n) is 16.9. The van der Waals surface area contributed by atoms with E-state index in [0.717, 1.165) is 22.6 Å². The number of amides is 1. The first-order valence-corrected chi connectivity index (χ1v) is 9.28. The molecule has 0 bridgehead atoms. The van der Waals surface area contributed by atoms with Crippen LogP contribution in [-0.2, 0) is 4.79 Å². The van der Waals surface area contributed by atoms with Crippen molar-refractivity contribution in [3.63, 3.8) is 0 Å². The highest BCUT2D eigenvalue weighted by Gasteiger charge is 2.14. The number of hydrogen-bond acceptors (Lipinski definition) is 3. The maximum absolute atomic E-state index is 12.5. The summed E-state index contributed by atoms with van der Waals surface area (Å²) in [7, 11) is 0. The van der Waals surface area contributed by atoms with Crippen molar-refractivity contribution >= 4 is 17.7 Å². The van der Waals surface area contributed by atoms with E-state index in [0.29, 0.717) is 5.69 Å². The Balaban J connectivity index is 1.95. The Hall–Kier alpha value is -3.78. The van der Waals surface area contributed by atoms with Crippen LogP contribution in [0.2, 0.25) is 0 Å². The molecule has 0 aliphatic heterocycles. The van der Waals surface area contributed by atoms with Crippen LogP contribution in [-0.4, -0.2) is 15.6 Å². The summed E-state index contributed by atoms with van der Waals surface area (Å²) < 4.78 is 2.12. The number of nitrogens with zero attached hydrogens (tertiary/aromatic N) is 2.